The number of nitrogens with one attached hydrogen (secondary N) is 1. The van der Waals surface area contributed by atoms with E-state index in [1.807, 2.05) is 5.73 Å². The highest BCUT2D eigenvalue weighted by molar-refractivity contribution is 5.34. The molecular weight excluding hydrogens is 235 g/mol. The molecule has 1 unspecified atom stereocenters. The van der Waals surface area contributed by atoms with Gasteiger partial charge in [-0.25, -0.2) is 0 Å². The molecule has 0 heterocycles. The highest BCUT2D eigenvalue weighted by Crippen LogP contribution is 2.27. The van der Waals surface area contributed by atoms with Crippen LogP contribution < -0.4 is 5.48 Å². The Morgan fingerprint density at radius 3 is 2.47 bits per heavy atom. The molecule has 96 valence electrons. The van der Waals surface area contributed by atoms with E-state index in [0.29, 0.717) is 12.5 Å². The average Bonchev–Trinajstić information content (AvgIpc) is 2.25. The number of rotatable bonds is 5. The number of halogens is 3. The van der Waals surface area contributed by atoms with Crippen LogP contribution in [0.2, 0.25) is 0 Å². The molecule has 0 saturated heterocycles. The molecule has 0 aromatic heterocycles. The van der Waals surface area contributed by atoms with Gasteiger partial charge in [0.2, 0.25) is 0 Å². The Balaban J connectivity index is 5.39. The Morgan fingerprint density at radius 1 is 1.53 bits per heavy atom. The summed E-state index contributed by atoms with van der Waals surface area (Å²) in [6, 6.07) is 0. The van der Waals surface area contributed by atoms with E-state index in [4.69, 9.17) is 5.21 Å². The first kappa shape index (κ1) is 15.7. The van der Waals surface area contributed by atoms with Crippen LogP contribution in [0.4, 0.5) is 13.2 Å². The van der Waals surface area contributed by atoms with Crippen molar-refractivity contribution in [1.29, 1.82) is 0 Å². The first-order valence-electron chi connectivity index (χ1n) is 4.79. The third-order valence-electron chi connectivity index (χ3n) is 1.78. The second-order valence-corrected chi connectivity index (χ2v) is 3.09. The summed E-state index contributed by atoms with van der Waals surface area (Å²) in [5, 5.41) is 17.7. The van der Waals surface area contributed by atoms with E-state index in [1.165, 1.54) is 11.6 Å². The third-order valence-corrected chi connectivity index (χ3v) is 1.78. The zero-order valence-electron chi connectivity index (χ0n) is 9.25. The summed E-state index contributed by atoms with van der Waals surface area (Å²) in [6.07, 6.45) is -3.01. The van der Waals surface area contributed by atoms with Crippen LogP contribution in [-0.4, -0.2) is 22.7 Å². The molecule has 0 amide bonds. The predicted molar refractivity (Wildman–Crippen MR) is 57.2 cm³/mol. The largest absolute Gasteiger partial charge is 0.417 e. The molecule has 3 N–H and O–H groups in total. The molecule has 0 aliphatic carbocycles. The van der Waals surface area contributed by atoms with Gasteiger partial charge in [-0.05, 0) is 24.1 Å². The number of hydroxylamine groups is 1. The molecule has 3 nitrogen and oxygen atoms in total. The smallest absolute Gasteiger partial charge is 0.372 e. The summed E-state index contributed by atoms with van der Waals surface area (Å²) in [5.41, 5.74) is 2.40. The van der Waals surface area contributed by atoms with E-state index >= 15 is 0 Å². The quantitative estimate of drug-likeness (QED) is 0.303. The van der Waals surface area contributed by atoms with E-state index in [2.05, 4.69) is 6.58 Å². The van der Waals surface area contributed by atoms with Gasteiger partial charge in [-0.2, -0.15) is 18.7 Å². The predicted octanol–water partition coefficient (Wildman–Crippen LogP) is 2.45. The summed E-state index contributed by atoms with van der Waals surface area (Å²) < 4.78 is 37.5. The van der Waals surface area contributed by atoms with Gasteiger partial charge in [0.15, 0.2) is 6.23 Å². The first-order valence-corrected chi connectivity index (χ1v) is 4.79. The molecule has 0 spiro atoms. The minimum Gasteiger partial charge on any atom is -0.372 e. The van der Waals surface area contributed by atoms with Gasteiger partial charge in [-0.15, -0.1) is 5.73 Å². The van der Waals surface area contributed by atoms with Crippen LogP contribution in [0.25, 0.3) is 0 Å². The van der Waals surface area contributed by atoms with E-state index in [0.717, 1.165) is 6.08 Å². The minimum atomic E-state index is -4.58. The van der Waals surface area contributed by atoms with E-state index < -0.39 is 18.0 Å². The van der Waals surface area contributed by atoms with E-state index in [-0.39, 0.29) is 5.57 Å². The zero-order valence-corrected chi connectivity index (χ0v) is 9.25. The van der Waals surface area contributed by atoms with Crippen LogP contribution in [0, 0.1) is 0 Å². The fraction of sp³-hybridized carbons (Fsp3) is 0.364. The fourth-order valence-electron chi connectivity index (χ4n) is 1.05. The summed E-state index contributed by atoms with van der Waals surface area (Å²) in [6.45, 7) is 4.75. The maximum absolute atomic E-state index is 12.5. The molecule has 0 fully saturated rings. The van der Waals surface area contributed by atoms with Crippen LogP contribution in [-0.2, 0) is 0 Å². The first-order chi connectivity index (χ1) is 7.86. The number of hydrogen-bond donors (Lipinski definition) is 3. The molecule has 0 saturated carbocycles. The van der Waals surface area contributed by atoms with Crippen LogP contribution >= 0.6 is 0 Å². The van der Waals surface area contributed by atoms with Gasteiger partial charge in [-0.1, -0.05) is 19.6 Å². The molecule has 0 aliphatic heterocycles. The van der Waals surface area contributed by atoms with Crippen LogP contribution in [0.1, 0.15) is 13.3 Å². The molecule has 0 bridgehead atoms. The Labute approximate surface area is 97.2 Å². The molecular formula is C11H14F3NO2. The standard InChI is InChI=1S/C11H14F3NO2/c1-3-5-8(10(16)15-17)7-9(6-4-2)11(12,13)14/h5-7,10,15-17H,2-3H2,1H3. The monoisotopic (exact) mass is 249 g/mol. The van der Waals surface area contributed by atoms with Crippen molar-refractivity contribution in [3.05, 3.63) is 41.7 Å². The van der Waals surface area contributed by atoms with Crippen molar-refractivity contribution in [3.8, 4) is 0 Å². The number of alkyl halides is 3. The molecule has 1 atom stereocenters. The summed E-state index contributed by atoms with van der Waals surface area (Å²) in [5.74, 6) is 0. The lowest BCUT2D eigenvalue weighted by molar-refractivity contribution is -0.0883. The maximum Gasteiger partial charge on any atom is 0.417 e. The lowest BCUT2D eigenvalue weighted by atomic mass is 10.1. The summed E-state index contributed by atoms with van der Waals surface area (Å²) >= 11 is 0. The Morgan fingerprint density at radius 2 is 2.12 bits per heavy atom. The van der Waals surface area contributed by atoms with Crippen molar-refractivity contribution in [1.82, 2.24) is 5.48 Å². The van der Waals surface area contributed by atoms with Gasteiger partial charge >= 0.3 is 6.18 Å². The van der Waals surface area contributed by atoms with Crippen LogP contribution in [0.15, 0.2) is 41.7 Å². The fourth-order valence-corrected chi connectivity index (χ4v) is 1.05. The van der Waals surface area contributed by atoms with E-state index in [9.17, 15) is 18.3 Å². The molecule has 0 aromatic carbocycles. The van der Waals surface area contributed by atoms with Crippen molar-refractivity contribution in [2.24, 2.45) is 0 Å². The highest BCUT2D eigenvalue weighted by atomic mass is 19.4. The van der Waals surface area contributed by atoms with Crippen molar-refractivity contribution < 1.29 is 23.5 Å². The van der Waals surface area contributed by atoms with Gasteiger partial charge in [0.1, 0.15) is 0 Å². The lowest BCUT2D eigenvalue weighted by Crippen LogP contribution is -2.27. The van der Waals surface area contributed by atoms with Gasteiger partial charge in [-0.3, -0.25) is 0 Å². The van der Waals surface area contributed by atoms with Gasteiger partial charge in [0, 0.05) is 0 Å². The van der Waals surface area contributed by atoms with Crippen molar-refractivity contribution in [3.63, 3.8) is 0 Å². The molecule has 0 aromatic rings. The van der Waals surface area contributed by atoms with Gasteiger partial charge < -0.3 is 10.3 Å². The summed E-state index contributed by atoms with van der Waals surface area (Å²) in [4.78, 5) is 0. The van der Waals surface area contributed by atoms with E-state index in [1.54, 1.807) is 6.92 Å². The maximum atomic E-state index is 12.5. The lowest BCUT2D eigenvalue weighted by Gasteiger charge is -2.12. The van der Waals surface area contributed by atoms with Crippen molar-refractivity contribution in [2.75, 3.05) is 0 Å². The number of hydrogen-bond acceptors (Lipinski definition) is 3. The molecule has 0 rings (SSSR count). The van der Waals surface area contributed by atoms with Crippen LogP contribution in [0.3, 0.4) is 0 Å². The molecule has 0 radical (unpaired) electrons. The van der Waals surface area contributed by atoms with Crippen molar-refractivity contribution >= 4 is 0 Å². The van der Waals surface area contributed by atoms with Gasteiger partial charge in [0.05, 0.1) is 5.57 Å². The number of aliphatic hydroxyl groups is 1. The SMILES string of the molecule is C=C=CC(=CC(=CCC)C(O)NO)C(F)(F)F. The Hall–Kier alpha value is -1.33. The molecule has 17 heavy (non-hydrogen) atoms. The molecule has 0 aliphatic rings. The third kappa shape index (κ3) is 5.51. The van der Waals surface area contributed by atoms with Crippen molar-refractivity contribution in [2.45, 2.75) is 25.7 Å². The normalized spacial score (nSPS) is 15.4. The number of allylic oxidation sites excluding steroid dienone is 3. The minimum absolute atomic E-state index is 0.0891. The molecule has 6 heteroatoms. The Kier molecular flexibility index (Phi) is 6.53. The topological polar surface area (TPSA) is 52.5 Å². The second-order valence-electron chi connectivity index (χ2n) is 3.09. The number of aliphatic hydroxyl groups excluding tert-OH is 1. The zero-order chi connectivity index (χ0) is 13.5. The Bertz CT molecular complexity index is 352. The van der Waals surface area contributed by atoms with Gasteiger partial charge in [0.25, 0.3) is 0 Å². The highest BCUT2D eigenvalue weighted by Gasteiger charge is 2.32. The van der Waals surface area contributed by atoms with Crippen LogP contribution in [0.5, 0.6) is 0 Å². The average molecular weight is 249 g/mol. The summed E-state index contributed by atoms with van der Waals surface area (Å²) in [7, 11) is 0. The second kappa shape index (κ2) is 7.09.